The molecule has 0 saturated heterocycles. The first-order valence-corrected chi connectivity index (χ1v) is 6.04. The van der Waals surface area contributed by atoms with Gasteiger partial charge in [-0.3, -0.25) is 5.10 Å². The molecule has 1 aromatic heterocycles. The van der Waals surface area contributed by atoms with Crippen molar-refractivity contribution in [1.29, 1.82) is 0 Å². The Morgan fingerprint density at radius 1 is 1.17 bits per heavy atom. The van der Waals surface area contributed by atoms with Crippen LogP contribution in [0, 0.1) is 6.92 Å². The highest BCUT2D eigenvalue weighted by Gasteiger charge is 2.01. The van der Waals surface area contributed by atoms with E-state index in [9.17, 15) is 0 Å². The number of anilines is 1. The topological polar surface area (TPSA) is 40.7 Å². The van der Waals surface area contributed by atoms with Crippen molar-refractivity contribution >= 4 is 16.6 Å². The van der Waals surface area contributed by atoms with Crippen LogP contribution in [-0.4, -0.2) is 10.2 Å². The molecule has 0 fully saturated rings. The summed E-state index contributed by atoms with van der Waals surface area (Å²) < 4.78 is 0. The molecule has 0 saturated carbocycles. The van der Waals surface area contributed by atoms with Gasteiger partial charge >= 0.3 is 0 Å². The fourth-order valence-corrected chi connectivity index (χ4v) is 2.14. The van der Waals surface area contributed by atoms with E-state index in [1.54, 1.807) is 0 Å². The van der Waals surface area contributed by atoms with Crippen molar-refractivity contribution in [1.82, 2.24) is 10.2 Å². The number of hydrogen-bond donors (Lipinski definition) is 2. The van der Waals surface area contributed by atoms with E-state index in [1.165, 1.54) is 11.1 Å². The second kappa shape index (κ2) is 4.53. The van der Waals surface area contributed by atoms with Crippen molar-refractivity contribution in [3.63, 3.8) is 0 Å². The Morgan fingerprint density at radius 2 is 2.06 bits per heavy atom. The van der Waals surface area contributed by atoms with Crippen LogP contribution in [0.3, 0.4) is 0 Å². The standard InChI is InChI=1S/C15H15N3/c1-11-4-2-5-12(8-11)9-16-14-7-3-6-13-10-17-18-15(13)14/h2-8,10,16H,9H2,1H3,(H,17,18). The molecule has 90 valence electrons. The number of rotatable bonds is 3. The van der Waals surface area contributed by atoms with Gasteiger partial charge in [0.05, 0.1) is 17.4 Å². The molecule has 3 nitrogen and oxygen atoms in total. The number of hydrogen-bond acceptors (Lipinski definition) is 2. The Balaban J connectivity index is 1.83. The van der Waals surface area contributed by atoms with Gasteiger partial charge in [0.25, 0.3) is 0 Å². The maximum absolute atomic E-state index is 4.07. The Labute approximate surface area is 106 Å². The van der Waals surface area contributed by atoms with Crippen LogP contribution in [0.2, 0.25) is 0 Å². The number of nitrogens with zero attached hydrogens (tertiary/aromatic N) is 1. The molecule has 18 heavy (non-hydrogen) atoms. The second-order valence-electron chi connectivity index (χ2n) is 4.48. The van der Waals surface area contributed by atoms with Gasteiger partial charge in [0.1, 0.15) is 0 Å². The largest absolute Gasteiger partial charge is 0.379 e. The fraction of sp³-hybridized carbons (Fsp3) is 0.133. The van der Waals surface area contributed by atoms with Gasteiger partial charge in [-0.15, -0.1) is 0 Å². The van der Waals surface area contributed by atoms with Crippen LogP contribution in [0.4, 0.5) is 5.69 Å². The van der Waals surface area contributed by atoms with Crippen molar-refractivity contribution in [2.45, 2.75) is 13.5 Å². The zero-order chi connectivity index (χ0) is 12.4. The van der Waals surface area contributed by atoms with Crippen LogP contribution < -0.4 is 5.32 Å². The van der Waals surface area contributed by atoms with Crippen molar-refractivity contribution in [2.75, 3.05) is 5.32 Å². The van der Waals surface area contributed by atoms with E-state index in [0.717, 1.165) is 23.1 Å². The summed E-state index contributed by atoms with van der Waals surface area (Å²) in [4.78, 5) is 0. The van der Waals surface area contributed by atoms with E-state index < -0.39 is 0 Å². The molecule has 0 aliphatic carbocycles. The molecule has 0 radical (unpaired) electrons. The van der Waals surface area contributed by atoms with Crippen LogP contribution in [-0.2, 0) is 6.54 Å². The minimum atomic E-state index is 0.819. The maximum atomic E-state index is 4.07. The molecule has 0 unspecified atom stereocenters. The predicted octanol–water partition coefficient (Wildman–Crippen LogP) is 3.48. The normalized spacial score (nSPS) is 10.7. The SMILES string of the molecule is Cc1cccc(CNc2cccc3cn[nH]c23)c1. The first-order chi connectivity index (χ1) is 8.83. The fourth-order valence-electron chi connectivity index (χ4n) is 2.14. The molecule has 3 rings (SSSR count). The average Bonchev–Trinajstić information content (AvgIpc) is 2.85. The summed E-state index contributed by atoms with van der Waals surface area (Å²) in [6.45, 7) is 2.93. The van der Waals surface area contributed by atoms with E-state index >= 15 is 0 Å². The Kier molecular flexibility index (Phi) is 2.73. The van der Waals surface area contributed by atoms with Crippen LogP contribution >= 0.6 is 0 Å². The van der Waals surface area contributed by atoms with Gasteiger partial charge in [-0.1, -0.05) is 42.0 Å². The first kappa shape index (κ1) is 10.8. The molecule has 0 aliphatic rings. The lowest BCUT2D eigenvalue weighted by molar-refractivity contribution is 1.11. The first-order valence-electron chi connectivity index (χ1n) is 6.04. The van der Waals surface area contributed by atoms with Crippen molar-refractivity contribution < 1.29 is 0 Å². The van der Waals surface area contributed by atoms with Gasteiger partial charge in [-0.25, -0.2) is 0 Å². The molecule has 2 aromatic carbocycles. The molecule has 0 atom stereocenters. The molecule has 3 aromatic rings. The van der Waals surface area contributed by atoms with E-state index in [-0.39, 0.29) is 0 Å². The monoisotopic (exact) mass is 237 g/mol. The molecule has 0 bridgehead atoms. The maximum Gasteiger partial charge on any atom is 0.0881 e. The highest BCUT2D eigenvalue weighted by atomic mass is 15.1. The summed E-state index contributed by atoms with van der Waals surface area (Å²) in [5.41, 5.74) is 4.72. The van der Waals surface area contributed by atoms with E-state index in [2.05, 4.69) is 58.8 Å². The number of aromatic nitrogens is 2. The van der Waals surface area contributed by atoms with E-state index in [0.29, 0.717) is 0 Å². The minimum Gasteiger partial charge on any atom is -0.379 e. The van der Waals surface area contributed by atoms with Gasteiger partial charge < -0.3 is 5.32 Å². The number of aryl methyl sites for hydroxylation is 1. The molecule has 1 heterocycles. The summed E-state index contributed by atoms with van der Waals surface area (Å²) in [5.74, 6) is 0. The number of aromatic amines is 1. The number of benzene rings is 2. The smallest absolute Gasteiger partial charge is 0.0881 e. The predicted molar refractivity (Wildman–Crippen MR) is 74.6 cm³/mol. The Hall–Kier alpha value is -2.29. The van der Waals surface area contributed by atoms with Crippen molar-refractivity contribution in [3.05, 3.63) is 59.8 Å². The third kappa shape index (κ3) is 2.07. The molecular formula is C15H15N3. The lowest BCUT2D eigenvalue weighted by Crippen LogP contribution is -2.00. The average molecular weight is 237 g/mol. The summed E-state index contributed by atoms with van der Waals surface area (Å²) in [6.07, 6.45) is 1.84. The highest BCUT2D eigenvalue weighted by Crippen LogP contribution is 2.21. The number of nitrogens with one attached hydrogen (secondary N) is 2. The molecular weight excluding hydrogens is 222 g/mol. The lowest BCUT2D eigenvalue weighted by atomic mass is 10.1. The van der Waals surface area contributed by atoms with Crippen LogP contribution in [0.5, 0.6) is 0 Å². The molecule has 0 spiro atoms. The summed E-state index contributed by atoms with van der Waals surface area (Å²) in [7, 11) is 0. The van der Waals surface area contributed by atoms with E-state index in [1.807, 2.05) is 12.3 Å². The number of fused-ring (bicyclic) bond motifs is 1. The van der Waals surface area contributed by atoms with Gasteiger partial charge in [0, 0.05) is 11.9 Å². The highest BCUT2D eigenvalue weighted by molar-refractivity contribution is 5.89. The van der Waals surface area contributed by atoms with Gasteiger partial charge in [-0.05, 0) is 18.6 Å². The lowest BCUT2D eigenvalue weighted by Gasteiger charge is -2.08. The van der Waals surface area contributed by atoms with Crippen LogP contribution in [0.1, 0.15) is 11.1 Å². The zero-order valence-electron chi connectivity index (χ0n) is 10.3. The van der Waals surface area contributed by atoms with Crippen LogP contribution in [0.25, 0.3) is 10.9 Å². The van der Waals surface area contributed by atoms with Crippen molar-refractivity contribution in [3.8, 4) is 0 Å². The summed E-state index contributed by atoms with van der Waals surface area (Å²) >= 11 is 0. The molecule has 0 amide bonds. The zero-order valence-corrected chi connectivity index (χ0v) is 10.3. The minimum absolute atomic E-state index is 0.819. The third-order valence-electron chi connectivity index (χ3n) is 3.04. The summed E-state index contributed by atoms with van der Waals surface area (Å²) in [6, 6.07) is 14.7. The second-order valence-corrected chi connectivity index (χ2v) is 4.48. The number of para-hydroxylation sites is 1. The van der Waals surface area contributed by atoms with Gasteiger partial charge in [0.15, 0.2) is 0 Å². The van der Waals surface area contributed by atoms with Crippen molar-refractivity contribution in [2.24, 2.45) is 0 Å². The van der Waals surface area contributed by atoms with Gasteiger partial charge in [0.2, 0.25) is 0 Å². The Morgan fingerprint density at radius 3 is 2.94 bits per heavy atom. The van der Waals surface area contributed by atoms with E-state index in [4.69, 9.17) is 0 Å². The quantitative estimate of drug-likeness (QED) is 0.732. The molecule has 2 N–H and O–H groups in total. The number of H-pyrrole nitrogens is 1. The molecule has 0 aliphatic heterocycles. The molecule has 3 heteroatoms. The van der Waals surface area contributed by atoms with Crippen LogP contribution in [0.15, 0.2) is 48.7 Å². The third-order valence-corrected chi connectivity index (χ3v) is 3.04. The Bertz CT molecular complexity index is 670. The van der Waals surface area contributed by atoms with Gasteiger partial charge in [-0.2, -0.15) is 5.10 Å². The summed E-state index contributed by atoms with van der Waals surface area (Å²) in [5, 5.41) is 11.7.